The molecule has 1 aliphatic heterocycles. The average molecular weight is 204 g/mol. The van der Waals surface area contributed by atoms with E-state index in [4.69, 9.17) is 9.47 Å². The van der Waals surface area contributed by atoms with Crippen LogP contribution in [0.3, 0.4) is 0 Å². The van der Waals surface area contributed by atoms with Gasteiger partial charge in [-0.15, -0.1) is 0 Å². The molecule has 0 amide bonds. The van der Waals surface area contributed by atoms with E-state index in [1.54, 1.807) is 13.8 Å². The molecule has 1 saturated heterocycles. The van der Waals surface area contributed by atoms with Gasteiger partial charge in [0.05, 0.1) is 24.9 Å². The molecule has 4 heteroatoms. The number of hydrogen-bond donors (Lipinski definition) is 2. The number of hydrogen-bond acceptors (Lipinski definition) is 4. The van der Waals surface area contributed by atoms with Gasteiger partial charge in [-0.1, -0.05) is 0 Å². The molecule has 0 radical (unpaired) electrons. The summed E-state index contributed by atoms with van der Waals surface area (Å²) >= 11 is 0. The van der Waals surface area contributed by atoms with Gasteiger partial charge in [0.1, 0.15) is 0 Å². The number of rotatable bonds is 3. The lowest BCUT2D eigenvalue weighted by Gasteiger charge is -2.32. The molecule has 3 atom stereocenters. The summed E-state index contributed by atoms with van der Waals surface area (Å²) < 4.78 is 10.7. The second-order valence-electron chi connectivity index (χ2n) is 4.45. The molecule has 0 aliphatic carbocycles. The maximum atomic E-state index is 9.48. The van der Waals surface area contributed by atoms with Crippen molar-refractivity contribution in [3.05, 3.63) is 0 Å². The van der Waals surface area contributed by atoms with E-state index < -0.39 is 5.79 Å². The third-order valence-electron chi connectivity index (χ3n) is 2.19. The minimum atomic E-state index is -1.13. The molecular weight excluding hydrogens is 184 g/mol. The van der Waals surface area contributed by atoms with E-state index in [-0.39, 0.29) is 18.3 Å². The van der Waals surface area contributed by atoms with Crippen LogP contribution in [0.2, 0.25) is 0 Å². The zero-order valence-electron chi connectivity index (χ0n) is 9.06. The summed E-state index contributed by atoms with van der Waals surface area (Å²) in [6.45, 7) is 5.41. The van der Waals surface area contributed by atoms with Crippen molar-refractivity contribution >= 4 is 0 Å². The highest BCUT2D eigenvalue weighted by molar-refractivity contribution is 4.75. The van der Waals surface area contributed by atoms with Gasteiger partial charge in [0, 0.05) is 6.42 Å². The first-order valence-electron chi connectivity index (χ1n) is 5.06. The first kappa shape index (κ1) is 11.9. The summed E-state index contributed by atoms with van der Waals surface area (Å²) in [5.41, 5.74) is 0. The van der Waals surface area contributed by atoms with Gasteiger partial charge in [0.15, 0.2) is 5.79 Å². The lowest BCUT2D eigenvalue weighted by molar-refractivity contribution is -0.209. The molecule has 1 aliphatic rings. The van der Waals surface area contributed by atoms with Crippen molar-refractivity contribution in [3.63, 3.8) is 0 Å². The minimum absolute atomic E-state index is 0.0640. The molecule has 1 heterocycles. The topological polar surface area (TPSA) is 58.9 Å². The SMILES string of the molecule is C[C@H]1CC(O)CC(COC(C)(C)O)O1. The van der Waals surface area contributed by atoms with Gasteiger partial charge in [-0.2, -0.15) is 0 Å². The van der Waals surface area contributed by atoms with E-state index in [1.165, 1.54) is 0 Å². The van der Waals surface area contributed by atoms with Gasteiger partial charge in [-0.25, -0.2) is 0 Å². The van der Waals surface area contributed by atoms with Crippen LogP contribution in [-0.4, -0.2) is 40.9 Å². The standard InChI is InChI=1S/C10H20O4/c1-7-4-8(11)5-9(14-7)6-13-10(2,3)12/h7-9,11-12H,4-6H2,1-3H3/t7-,8?,9?/m0/s1. The molecule has 0 aromatic rings. The third kappa shape index (κ3) is 4.37. The Hall–Kier alpha value is -0.160. The molecule has 0 aromatic carbocycles. The Balaban J connectivity index is 2.30. The molecule has 1 fully saturated rings. The Labute approximate surface area is 84.8 Å². The predicted octanol–water partition coefficient (Wildman–Crippen LogP) is 0.660. The smallest absolute Gasteiger partial charge is 0.159 e. The first-order valence-corrected chi connectivity index (χ1v) is 5.06. The summed E-state index contributed by atoms with van der Waals surface area (Å²) in [6, 6.07) is 0. The Morgan fingerprint density at radius 3 is 2.57 bits per heavy atom. The molecule has 2 unspecified atom stereocenters. The summed E-state index contributed by atoms with van der Waals surface area (Å²) in [4.78, 5) is 0. The quantitative estimate of drug-likeness (QED) is 0.663. The van der Waals surface area contributed by atoms with Gasteiger partial charge in [-0.3, -0.25) is 0 Å². The zero-order valence-corrected chi connectivity index (χ0v) is 9.06. The van der Waals surface area contributed by atoms with E-state index in [1.807, 2.05) is 6.92 Å². The third-order valence-corrected chi connectivity index (χ3v) is 2.19. The minimum Gasteiger partial charge on any atom is -0.393 e. The number of aliphatic hydroxyl groups is 2. The summed E-state index contributed by atoms with van der Waals surface area (Å²) in [6.07, 6.45) is 0.905. The van der Waals surface area contributed by atoms with Gasteiger partial charge < -0.3 is 19.7 Å². The van der Waals surface area contributed by atoms with Crippen LogP contribution in [0.5, 0.6) is 0 Å². The number of ether oxygens (including phenoxy) is 2. The number of aliphatic hydroxyl groups excluding tert-OH is 1. The monoisotopic (exact) mass is 204 g/mol. The summed E-state index contributed by atoms with van der Waals surface area (Å²) in [7, 11) is 0. The van der Waals surface area contributed by atoms with Crippen molar-refractivity contribution in [3.8, 4) is 0 Å². The molecule has 1 rings (SSSR count). The molecule has 0 saturated carbocycles. The maximum Gasteiger partial charge on any atom is 0.159 e. The molecule has 0 spiro atoms. The molecule has 84 valence electrons. The van der Waals surface area contributed by atoms with Crippen LogP contribution in [0.25, 0.3) is 0 Å². The van der Waals surface area contributed by atoms with Crippen LogP contribution < -0.4 is 0 Å². The molecule has 14 heavy (non-hydrogen) atoms. The fraction of sp³-hybridized carbons (Fsp3) is 1.00. The van der Waals surface area contributed by atoms with Crippen LogP contribution in [0.15, 0.2) is 0 Å². The second kappa shape index (κ2) is 4.57. The van der Waals surface area contributed by atoms with Crippen molar-refractivity contribution in [1.29, 1.82) is 0 Å². The molecular formula is C10H20O4. The summed E-state index contributed by atoms with van der Waals surface area (Å²) in [5, 5.41) is 18.8. The first-order chi connectivity index (χ1) is 6.37. The van der Waals surface area contributed by atoms with Crippen molar-refractivity contribution in [2.45, 2.75) is 57.7 Å². The average Bonchev–Trinajstić information content (AvgIpc) is 1.97. The van der Waals surface area contributed by atoms with E-state index in [9.17, 15) is 10.2 Å². The lowest BCUT2D eigenvalue weighted by atomic mass is 10.0. The highest BCUT2D eigenvalue weighted by Crippen LogP contribution is 2.20. The van der Waals surface area contributed by atoms with E-state index in [2.05, 4.69) is 0 Å². The van der Waals surface area contributed by atoms with Crippen LogP contribution >= 0.6 is 0 Å². The molecule has 0 aromatic heterocycles. The maximum absolute atomic E-state index is 9.48. The van der Waals surface area contributed by atoms with Crippen LogP contribution in [0, 0.1) is 0 Å². The van der Waals surface area contributed by atoms with Gasteiger partial charge in [0.25, 0.3) is 0 Å². The Morgan fingerprint density at radius 1 is 1.43 bits per heavy atom. The largest absolute Gasteiger partial charge is 0.393 e. The Bertz CT molecular complexity index is 165. The molecule has 4 nitrogen and oxygen atoms in total. The normalized spacial score (nSPS) is 34.5. The van der Waals surface area contributed by atoms with E-state index in [0.717, 1.165) is 0 Å². The van der Waals surface area contributed by atoms with Crippen molar-refractivity contribution in [1.82, 2.24) is 0 Å². The van der Waals surface area contributed by atoms with Gasteiger partial charge >= 0.3 is 0 Å². The molecule has 2 N–H and O–H groups in total. The fourth-order valence-corrected chi connectivity index (χ4v) is 1.63. The Kier molecular flexibility index (Phi) is 3.89. The van der Waals surface area contributed by atoms with Crippen molar-refractivity contribution in [2.75, 3.05) is 6.61 Å². The van der Waals surface area contributed by atoms with Crippen LogP contribution in [0.1, 0.15) is 33.6 Å². The van der Waals surface area contributed by atoms with Crippen molar-refractivity contribution in [2.24, 2.45) is 0 Å². The van der Waals surface area contributed by atoms with E-state index >= 15 is 0 Å². The second-order valence-corrected chi connectivity index (χ2v) is 4.45. The summed E-state index contributed by atoms with van der Waals surface area (Å²) in [5.74, 6) is -1.13. The highest BCUT2D eigenvalue weighted by atomic mass is 16.6. The molecule has 0 bridgehead atoms. The van der Waals surface area contributed by atoms with Crippen LogP contribution in [0.4, 0.5) is 0 Å². The lowest BCUT2D eigenvalue weighted by Crippen LogP contribution is -2.39. The fourth-order valence-electron chi connectivity index (χ4n) is 1.63. The highest BCUT2D eigenvalue weighted by Gasteiger charge is 2.27. The van der Waals surface area contributed by atoms with Gasteiger partial charge in [-0.05, 0) is 27.2 Å². The van der Waals surface area contributed by atoms with Gasteiger partial charge in [0.2, 0.25) is 0 Å². The van der Waals surface area contributed by atoms with E-state index in [0.29, 0.717) is 19.4 Å². The zero-order chi connectivity index (χ0) is 10.8. The van der Waals surface area contributed by atoms with Crippen molar-refractivity contribution < 1.29 is 19.7 Å². The Morgan fingerprint density at radius 2 is 2.07 bits per heavy atom. The van der Waals surface area contributed by atoms with Crippen LogP contribution in [-0.2, 0) is 9.47 Å². The predicted molar refractivity (Wildman–Crippen MR) is 51.8 cm³/mol.